The van der Waals surface area contributed by atoms with Gasteiger partial charge in [0.1, 0.15) is 5.75 Å². The van der Waals surface area contributed by atoms with Gasteiger partial charge in [-0.15, -0.1) is 0 Å². The Hall–Kier alpha value is -1.77. The summed E-state index contributed by atoms with van der Waals surface area (Å²) in [4.78, 5) is 7.17. The highest BCUT2D eigenvalue weighted by atomic mass is 16.5. The molecular formula is C14H18N2O. The first kappa shape index (κ1) is 11.7. The Labute approximate surface area is 102 Å². The molecule has 0 saturated carbocycles. The van der Waals surface area contributed by atoms with Crippen LogP contribution >= 0.6 is 0 Å². The van der Waals surface area contributed by atoms with Crippen molar-refractivity contribution in [2.75, 3.05) is 7.11 Å². The number of nitrogens with zero attached hydrogens (tertiary/aromatic N) is 1. The normalized spacial score (nSPS) is 11.5. The van der Waals surface area contributed by atoms with E-state index < -0.39 is 0 Å². The zero-order valence-corrected chi connectivity index (χ0v) is 10.7. The molecule has 0 spiro atoms. The number of ether oxygens (including phenoxy) is 1. The lowest BCUT2D eigenvalue weighted by Gasteiger charge is -2.20. The van der Waals surface area contributed by atoms with Crippen LogP contribution in [0.3, 0.4) is 0 Å². The monoisotopic (exact) mass is 230 g/mol. The van der Waals surface area contributed by atoms with E-state index in [2.05, 4.69) is 42.9 Å². The lowest BCUT2D eigenvalue weighted by atomic mass is 9.86. The summed E-state index contributed by atoms with van der Waals surface area (Å²) in [7, 11) is 1.69. The van der Waals surface area contributed by atoms with Crippen molar-refractivity contribution in [1.82, 2.24) is 9.97 Å². The van der Waals surface area contributed by atoms with Crippen LogP contribution in [-0.4, -0.2) is 17.1 Å². The highest BCUT2D eigenvalue weighted by Gasteiger charge is 2.16. The van der Waals surface area contributed by atoms with Crippen LogP contribution in [-0.2, 0) is 5.41 Å². The van der Waals surface area contributed by atoms with Gasteiger partial charge in [-0.3, -0.25) is 0 Å². The molecule has 0 atom stereocenters. The van der Waals surface area contributed by atoms with Gasteiger partial charge in [0.15, 0.2) is 0 Å². The number of hydrogen-bond acceptors (Lipinski definition) is 2. The molecule has 0 saturated heterocycles. The molecule has 0 aliphatic rings. The Morgan fingerprint density at radius 2 is 2.00 bits per heavy atom. The van der Waals surface area contributed by atoms with Crippen molar-refractivity contribution in [2.45, 2.75) is 26.2 Å². The molecule has 0 amide bonds. The second kappa shape index (κ2) is 4.24. The fraction of sp³-hybridized carbons (Fsp3) is 0.357. The maximum Gasteiger partial charge on any atom is 0.128 e. The lowest BCUT2D eigenvalue weighted by molar-refractivity contribution is 0.415. The molecule has 2 rings (SSSR count). The molecule has 0 aliphatic carbocycles. The largest absolute Gasteiger partial charge is 0.496 e. The number of methoxy groups -OCH3 is 1. The fourth-order valence-electron chi connectivity index (χ4n) is 1.79. The number of H-pyrrole nitrogens is 1. The lowest BCUT2D eigenvalue weighted by Crippen LogP contribution is -2.11. The average Bonchev–Trinajstić information content (AvgIpc) is 2.80. The van der Waals surface area contributed by atoms with Gasteiger partial charge in [-0.05, 0) is 23.1 Å². The molecule has 1 aromatic heterocycles. The maximum absolute atomic E-state index is 5.39. The third-order valence-electron chi connectivity index (χ3n) is 2.85. The van der Waals surface area contributed by atoms with Gasteiger partial charge < -0.3 is 9.72 Å². The van der Waals surface area contributed by atoms with Crippen molar-refractivity contribution < 1.29 is 4.74 Å². The van der Waals surface area contributed by atoms with Crippen molar-refractivity contribution in [2.24, 2.45) is 0 Å². The van der Waals surface area contributed by atoms with E-state index in [1.54, 1.807) is 13.4 Å². The van der Waals surface area contributed by atoms with Crippen molar-refractivity contribution in [3.8, 4) is 17.0 Å². The van der Waals surface area contributed by atoms with Gasteiger partial charge >= 0.3 is 0 Å². The van der Waals surface area contributed by atoms with Crippen LogP contribution in [0.4, 0.5) is 0 Å². The highest BCUT2D eigenvalue weighted by Crippen LogP contribution is 2.33. The first-order valence-corrected chi connectivity index (χ1v) is 5.69. The van der Waals surface area contributed by atoms with Gasteiger partial charge in [0.05, 0.1) is 25.3 Å². The molecule has 1 aromatic carbocycles. The van der Waals surface area contributed by atoms with Crippen molar-refractivity contribution in [1.29, 1.82) is 0 Å². The molecule has 2 aromatic rings. The summed E-state index contributed by atoms with van der Waals surface area (Å²) in [6.45, 7) is 6.60. The summed E-state index contributed by atoms with van der Waals surface area (Å²) in [5, 5.41) is 0. The van der Waals surface area contributed by atoms with E-state index in [1.807, 2.05) is 12.3 Å². The first-order valence-electron chi connectivity index (χ1n) is 5.69. The minimum Gasteiger partial charge on any atom is -0.496 e. The Kier molecular flexibility index (Phi) is 2.92. The fourth-order valence-corrected chi connectivity index (χ4v) is 1.79. The highest BCUT2D eigenvalue weighted by molar-refractivity contribution is 5.67. The van der Waals surface area contributed by atoms with Gasteiger partial charge in [-0.2, -0.15) is 0 Å². The van der Waals surface area contributed by atoms with Crippen LogP contribution in [0, 0.1) is 0 Å². The molecule has 3 nitrogen and oxygen atoms in total. The number of hydrogen-bond donors (Lipinski definition) is 1. The van der Waals surface area contributed by atoms with E-state index in [0.717, 1.165) is 17.0 Å². The van der Waals surface area contributed by atoms with Crippen LogP contribution in [0.15, 0.2) is 30.7 Å². The van der Waals surface area contributed by atoms with Gasteiger partial charge in [-0.1, -0.05) is 26.8 Å². The predicted molar refractivity (Wildman–Crippen MR) is 69.3 cm³/mol. The Morgan fingerprint density at radius 1 is 1.24 bits per heavy atom. The van der Waals surface area contributed by atoms with Crippen LogP contribution in [0.1, 0.15) is 26.3 Å². The average molecular weight is 230 g/mol. The Balaban J connectivity index is 2.55. The number of benzene rings is 1. The van der Waals surface area contributed by atoms with E-state index in [0.29, 0.717) is 0 Å². The number of nitrogens with one attached hydrogen (secondary N) is 1. The zero-order chi connectivity index (χ0) is 12.5. The molecular weight excluding hydrogens is 212 g/mol. The Morgan fingerprint density at radius 3 is 2.53 bits per heavy atom. The molecule has 0 bridgehead atoms. The summed E-state index contributed by atoms with van der Waals surface area (Å²) < 4.78 is 5.39. The van der Waals surface area contributed by atoms with Crippen LogP contribution in [0.5, 0.6) is 5.75 Å². The molecule has 1 N–H and O–H groups in total. The summed E-state index contributed by atoms with van der Waals surface area (Å²) in [5.41, 5.74) is 3.44. The summed E-state index contributed by atoms with van der Waals surface area (Å²) in [6.07, 6.45) is 3.49. The smallest absolute Gasteiger partial charge is 0.128 e. The minimum absolute atomic E-state index is 0.126. The quantitative estimate of drug-likeness (QED) is 0.858. The Bertz CT molecular complexity index is 495. The second-order valence-electron chi connectivity index (χ2n) is 5.13. The molecule has 17 heavy (non-hydrogen) atoms. The third-order valence-corrected chi connectivity index (χ3v) is 2.85. The van der Waals surface area contributed by atoms with Crippen LogP contribution in [0.2, 0.25) is 0 Å². The van der Waals surface area contributed by atoms with Gasteiger partial charge in [0.2, 0.25) is 0 Å². The van der Waals surface area contributed by atoms with E-state index in [-0.39, 0.29) is 5.41 Å². The van der Waals surface area contributed by atoms with E-state index >= 15 is 0 Å². The number of aromatic amines is 1. The molecule has 0 unspecified atom stereocenters. The van der Waals surface area contributed by atoms with Crippen molar-refractivity contribution >= 4 is 0 Å². The van der Waals surface area contributed by atoms with Crippen LogP contribution in [0.25, 0.3) is 11.3 Å². The molecule has 90 valence electrons. The number of rotatable bonds is 2. The van der Waals surface area contributed by atoms with Crippen molar-refractivity contribution in [3.05, 3.63) is 36.3 Å². The second-order valence-corrected chi connectivity index (χ2v) is 5.13. The van der Waals surface area contributed by atoms with Crippen LogP contribution < -0.4 is 4.74 Å². The summed E-state index contributed by atoms with van der Waals surface area (Å²) in [5.74, 6) is 0.863. The molecule has 0 fully saturated rings. The number of aromatic nitrogens is 2. The zero-order valence-electron chi connectivity index (χ0n) is 10.7. The summed E-state index contributed by atoms with van der Waals surface area (Å²) in [6, 6.07) is 6.28. The van der Waals surface area contributed by atoms with E-state index in [4.69, 9.17) is 4.74 Å². The predicted octanol–water partition coefficient (Wildman–Crippen LogP) is 3.38. The molecule has 1 heterocycles. The number of imidazole rings is 1. The SMILES string of the molecule is COc1ccc(C(C)(C)C)cc1-c1cnc[nH]1. The molecule has 0 radical (unpaired) electrons. The maximum atomic E-state index is 5.39. The third kappa shape index (κ3) is 2.33. The first-order chi connectivity index (χ1) is 8.02. The van der Waals surface area contributed by atoms with Gasteiger partial charge in [0.25, 0.3) is 0 Å². The van der Waals surface area contributed by atoms with Crippen molar-refractivity contribution in [3.63, 3.8) is 0 Å². The van der Waals surface area contributed by atoms with E-state index in [9.17, 15) is 0 Å². The van der Waals surface area contributed by atoms with Gasteiger partial charge in [0, 0.05) is 5.56 Å². The molecule has 0 aliphatic heterocycles. The summed E-state index contributed by atoms with van der Waals surface area (Å²) >= 11 is 0. The van der Waals surface area contributed by atoms with E-state index in [1.165, 1.54) is 5.56 Å². The van der Waals surface area contributed by atoms with Gasteiger partial charge in [-0.25, -0.2) is 4.98 Å². The standard InChI is InChI=1S/C14H18N2O/c1-14(2,3)10-5-6-13(17-4)11(7-10)12-8-15-9-16-12/h5-9H,1-4H3,(H,15,16). The minimum atomic E-state index is 0.126. The molecule has 3 heteroatoms. The topological polar surface area (TPSA) is 37.9 Å².